The summed E-state index contributed by atoms with van der Waals surface area (Å²) in [5.74, 6) is -0.891. The number of alkyl halides is 2. The predicted octanol–water partition coefficient (Wildman–Crippen LogP) is 7.26. The minimum Gasteiger partial charge on any atom is -0.434 e. The monoisotopic (exact) mass is 531 g/mol. The summed E-state index contributed by atoms with van der Waals surface area (Å²) in [6.07, 6.45) is 1.98. The summed E-state index contributed by atoms with van der Waals surface area (Å²) in [6.45, 7) is 3.11. The van der Waals surface area contributed by atoms with E-state index >= 15 is 0 Å². The van der Waals surface area contributed by atoms with Crippen molar-refractivity contribution in [2.24, 2.45) is 4.40 Å². The molecule has 1 atom stereocenters. The molecule has 10 heteroatoms. The van der Waals surface area contributed by atoms with E-state index in [4.69, 9.17) is 20.7 Å². The molecule has 1 aromatic carbocycles. The van der Waals surface area contributed by atoms with Crippen molar-refractivity contribution in [3.05, 3.63) is 62.7 Å². The van der Waals surface area contributed by atoms with Gasteiger partial charge in [-0.05, 0) is 60.8 Å². The Morgan fingerprint density at radius 2 is 2.10 bits per heavy atom. The van der Waals surface area contributed by atoms with Crippen molar-refractivity contribution in [3.63, 3.8) is 0 Å². The summed E-state index contributed by atoms with van der Waals surface area (Å²) in [6, 6.07) is 5.97. The van der Waals surface area contributed by atoms with Crippen LogP contribution in [0.5, 0.6) is 5.75 Å². The molecule has 4 nitrogen and oxygen atoms in total. The highest BCUT2D eigenvalue weighted by molar-refractivity contribution is 9.10. The number of fused-ring (bicyclic) bond motifs is 3. The van der Waals surface area contributed by atoms with E-state index in [9.17, 15) is 13.2 Å². The average molecular weight is 533 g/mol. The van der Waals surface area contributed by atoms with Gasteiger partial charge in [-0.25, -0.2) is 13.8 Å². The number of ether oxygens (including phenoxy) is 1. The third-order valence-electron chi connectivity index (χ3n) is 4.71. The Bertz CT molecular complexity index is 1190. The maximum absolute atomic E-state index is 14.1. The summed E-state index contributed by atoms with van der Waals surface area (Å²) in [4.78, 5) is 4.60. The number of imidazole rings is 1. The molecule has 1 aliphatic carbocycles. The number of nitrogens with zero attached hydrogens (tertiary/aromatic N) is 3. The van der Waals surface area contributed by atoms with Gasteiger partial charge < -0.3 is 9.14 Å². The van der Waals surface area contributed by atoms with Crippen LogP contribution < -0.4 is 4.74 Å². The van der Waals surface area contributed by atoms with Crippen molar-refractivity contribution in [1.82, 2.24) is 9.38 Å². The van der Waals surface area contributed by atoms with Gasteiger partial charge in [-0.3, -0.25) is 0 Å². The van der Waals surface area contributed by atoms with Gasteiger partial charge in [0.05, 0.1) is 15.9 Å². The Labute approximate surface area is 195 Å². The molecule has 2 aromatic heterocycles. The summed E-state index contributed by atoms with van der Waals surface area (Å²) in [7, 11) is 0. The van der Waals surface area contributed by atoms with E-state index in [1.165, 1.54) is 24.1 Å². The van der Waals surface area contributed by atoms with Gasteiger partial charge in [0, 0.05) is 39.9 Å². The molecule has 2 heterocycles. The molecule has 0 radical (unpaired) electrons. The fourth-order valence-corrected chi connectivity index (χ4v) is 4.72. The van der Waals surface area contributed by atoms with E-state index in [1.807, 2.05) is 20.8 Å². The first kappa shape index (κ1) is 22.5. The van der Waals surface area contributed by atoms with E-state index in [0.717, 1.165) is 0 Å². The number of rotatable bonds is 4. The number of pyridine rings is 1. The van der Waals surface area contributed by atoms with Gasteiger partial charge in [-0.15, -0.1) is 0 Å². The molecule has 4 rings (SSSR count). The Kier molecular flexibility index (Phi) is 6.04. The zero-order chi connectivity index (χ0) is 22.5. The first-order valence-electron chi connectivity index (χ1n) is 9.41. The molecule has 31 heavy (non-hydrogen) atoms. The number of hydrogen-bond acceptors (Lipinski definition) is 4. The minimum absolute atomic E-state index is 0.000646. The number of benzene rings is 1. The van der Waals surface area contributed by atoms with Crippen molar-refractivity contribution in [1.29, 1.82) is 0 Å². The molecule has 0 fully saturated rings. The SMILES string of the molecule is CC(C)(C)S/N=C1\C[C@H](c2c(Cl)cccc2OC(F)F)c2c1nc1cc(F)c(Br)cn21. The van der Waals surface area contributed by atoms with E-state index in [1.54, 1.807) is 22.7 Å². The smallest absolute Gasteiger partial charge is 0.387 e. The number of halogens is 5. The van der Waals surface area contributed by atoms with Crippen molar-refractivity contribution in [2.75, 3.05) is 0 Å². The molecule has 164 valence electrons. The molecule has 0 aliphatic heterocycles. The van der Waals surface area contributed by atoms with Crippen LogP contribution in [0.25, 0.3) is 5.65 Å². The van der Waals surface area contributed by atoms with Gasteiger partial charge in [0.2, 0.25) is 0 Å². The zero-order valence-corrected chi connectivity index (χ0v) is 20.0. The third kappa shape index (κ3) is 4.45. The molecule has 0 bridgehead atoms. The van der Waals surface area contributed by atoms with Crippen LogP contribution in [0.3, 0.4) is 0 Å². The van der Waals surface area contributed by atoms with Crippen molar-refractivity contribution in [2.45, 2.75) is 44.5 Å². The number of aromatic nitrogens is 2. The van der Waals surface area contributed by atoms with Crippen LogP contribution in [-0.4, -0.2) is 26.5 Å². The maximum atomic E-state index is 14.1. The quantitative estimate of drug-likeness (QED) is 0.332. The van der Waals surface area contributed by atoms with Crippen LogP contribution >= 0.6 is 39.5 Å². The molecule has 0 saturated carbocycles. The Morgan fingerprint density at radius 1 is 1.35 bits per heavy atom. The molecule has 0 saturated heterocycles. The second-order valence-electron chi connectivity index (χ2n) is 8.07. The van der Waals surface area contributed by atoms with Crippen molar-refractivity contribution >= 4 is 50.8 Å². The molecule has 0 unspecified atom stereocenters. The minimum atomic E-state index is -2.99. The van der Waals surface area contributed by atoms with Crippen LogP contribution in [0.1, 0.15) is 50.1 Å². The Hall–Kier alpha value is -1.71. The molecule has 0 N–H and O–H groups in total. The fourth-order valence-electron chi connectivity index (χ4n) is 3.56. The van der Waals surface area contributed by atoms with E-state index in [-0.39, 0.29) is 15.0 Å². The van der Waals surface area contributed by atoms with Gasteiger partial charge in [0.15, 0.2) is 0 Å². The molecule has 0 spiro atoms. The first-order chi connectivity index (χ1) is 14.5. The second kappa shape index (κ2) is 8.33. The van der Waals surface area contributed by atoms with Crippen molar-refractivity contribution < 1.29 is 17.9 Å². The van der Waals surface area contributed by atoms with Gasteiger partial charge in [0.1, 0.15) is 22.9 Å². The van der Waals surface area contributed by atoms with Crippen LogP contribution in [0.4, 0.5) is 13.2 Å². The van der Waals surface area contributed by atoms with Gasteiger partial charge >= 0.3 is 6.61 Å². The lowest BCUT2D eigenvalue weighted by Crippen LogP contribution is -2.10. The highest BCUT2D eigenvalue weighted by Gasteiger charge is 2.37. The molecule has 3 aromatic rings. The van der Waals surface area contributed by atoms with E-state index < -0.39 is 18.3 Å². The largest absolute Gasteiger partial charge is 0.434 e. The summed E-state index contributed by atoms with van der Waals surface area (Å²) in [5, 5.41) is 0.301. The molecule has 1 aliphatic rings. The topological polar surface area (TPSA) is 38.9 Å². The zero-order valence-electron chi connectivity index (χ0n) is 16.8. The lowest BCUT2D eigenvalue weighted by molar-refractivity contribution is -0.0505. The fraction of sp³-hybridized carbons (Fsp3) is 0.333. The lowest BCUT2D eigenvalue weighted by atomic mass is 9.95. The normalized spacial score (nSPS) is 17.7. The van der Waals surface area contributed by atoms with Gasteiger partial charge in [0.25, 0.3) is 0 Å². The Balaban J connectivity index is 1.94. The van der Waals surface area contributed by atoms with E-state index in [0.29, 0.717) is 39.8 Å². The van der Waals surface area contributed by atoms with Crippen LogP contribution in [0.15, 0.2) is 39.3 Å². The summed E-state index contributed by atoms with van der Waals surface area (Å²) in [5.41, 5.74) is 2.83. The maximum Gasteiger partial charge on any atom is 0.387 e. The predicted molar refractivity (Wildman–Crippen MR) is 121 cm³/mol. The summed E-state index contributed by atoms with van der Waals surface area (Å²) >= 11 is 11.1. The van der Waals surface area contributed by atoms with Crippen LogP contribution in [-0.2, 0) is 0 Å². The molecule has 0 amide bonds. The lowest BCUT2D eigenvalue weighted by Gasteiger charge is -2.18. The van der Waals surface area contributed by atoms with Crippen LogP contribution in [0, 0.1) is 5.82 Å². The van der Waals surface area contributed by atoms with Gasteiger partial charge in [-0.1, -0.05) is 17.7 Å². The third-order valence-corrected chi connectivity index (χ3v) is 6.48. The first-order valence-corrected chi connectivity index (χ1v) is 11.3. The molecular formula is C21H18BrClF3N3OS. The van der Waals surface area contributed by atoms with Crippen molar-refractivity contribution in [3.8, 4) is 5.75 Å². The number of hydrogen-bond donors (Lipinski definition) is 0. The van der Waals surface area contributed by atoms with Gasteiger partial charge in [-0.2, -0.15) is 8.78 Å². The highest BCUT2D eigenvalue weighted by Crippen LogP contribution is 2.46. The van der Waals surface area contributed by atoms with Crippen LogP contribution in [0.2, 0.25) is 5.02 Å². The molecular weight excluding hydrogens is 515 g/mol. The standard InChI is InChI=1S/C21H18BrClF3N3OS/c1-21(2,3)31-28-14-7-10(17-12(23)5-4-6-15(17)30-20(25)26)19-18(14)27-16-8-13(24)11(22)9-29(16)19/h4-6,8-10,20H,7H2,1-3H3/b28-14+/t10-/m1/s1. The highest BCUT2D eigenvalue weighted by atomic mass is 79.9. The van der Waals surface area contributed by atoms with E-state index in [2.05, 4.69) is 20.9 Å². The average Bonchev–Trinajstić information content (AvgIpc) is 3.17. The second-order valence-corrected chi connectivity index (χ2v) is 10.9. The summed E-state index contributed by atoms with van der Waals surface area (Å²) < 4.78 is 51.6. The Morgan fingerprint density at radius 3 is 2.77 bits per heavy atom.